The fraction of sp³-hybridized carbons (Fsp3) is 1.00. The van der Waals surface area contributed by atoms with Crippen LogP contribution >= 0.6 is 0 Å². The van der Waals surface area contributed by atoms with Crippen LogP contribution in [0, 0.1) is 0 Å². The molecule has 0 radical (unpaired) electrons. The van der Waals surface area contributed by atoms with Crippen molar-refractivity contribution in [1.29, 1.82) is 0 Å². The number of ether oxygens (including phenoxy) is 1. The van der Waals surface area contributed by atoms with Crippen LogP contribution in [0.25, 0.3) is 0 Å². The SMILES string of the molecule is CCC(C)OCCCCNC1CC1. The smallest absolute Gasteiger partial charge is 0.0544 e. The van der Waals surface area contributed by atoms with Crippen molar-refractivity contribution in [3.8, 4) is 0 Å². The molecule has 1 saturated carbocycles. The van der Waals surface area contributed by atoms with Crippen LogP contribution in [0.2, 0.25) is 0 Å². The van der Waals surface area contributed by atoms with Gasteiger partial charge in [0.1, 0.15) is 0 Å². The summed E-state index contributed by atoms with van der Waals surface area (Å²) < 4.78 is 5.59. The Kier molecular flexibility index (Phi) is 5.40. The fourth-order valence-electron chi connectivity index (χ4n) is 1.22. The quantitative estimate of drug-likeness (QED) is 0.586. The van der Waals surface area contributed by atoms with Crippen molar-refractivity contribution < 1.29 is 4.74 Å². The largest absolute Gasteiger partial charge is 0.379 e. The van der Waals surface area contributed by atoms with Crippen LogP contribution in [0.5, 0.6) is 0 Å². The van der Waals surface area contributed by atoms with Crippen LogP contribution < -0.4 is 5.32 Å². The van der Waals surface area contributed by atoms with Crippen molar-refractivity contribution in [3.63, 3.8) is 0 Å². The van der Waals surface area contributed by atoms with E-state index >= 15 is 0 Å². The maximum atomic E-state index is 5.59. The third kappa shape index (κ3) is 6.05. The molecule has 2 nitrogen and oxygen atoms in total. The highest BCUT2D eigenvalue weighted by Crippen LogP contribution is 2.18. The van der Waals surface area contributed by atoms with Crippen molar-refractivity contribution in [2.24, 2.45) is 0 Å². The zero-order valence-electron chi connectivity index (χ0n) is 9.01. The number of nitrogens with one attached hydrogen (secondary N) is 1. The normalized spacial score (nSPS) is 18.9. The Bertz CT molecular complexity index is 123. The van der Waals surface area contributed by atoms with Gasteiger partial charge in [-0.1, -0.05) is 6.92 Å². The van der Waals surface area contributed by atoms with Gasteiger partial charge in [-0.25, -0.2) is 0 Å². The highest BCUT2D eigenvalue weighted by atomic mass is 16.5. The molecule has 1 rings (SSSR count). The summed E-state index contributed by atoms with van der Waals surface area (Å²) in [5.74, 6) is 0. The van der Waals surface area contributed by atoms with Crippen LogP contribution in [0.4, 0.5) is 0 Å². The molecular formula is C11H23NO. The minimum atomic E-state index is 0.441. The Hall–Kier alpha value is -0.0800. The molecule has 1 aliphatic rings. The van der Waals surface area contributed by atoms with E-state index in [1.54, 1.807) is 0 Å². The zero-order chi connectivity index (χ0) is 9.52. The molecule has 0 bridgehead atoms. The van der Waals surface area contributed by atoms with Gasteiger partial charge in [0.05, 0.1) is 6.10 Å². The summed E-state index contributed by atoms with van der Waals surface area (Å²) in [5.41, 5.74) is 0. The van der Waals surface area contributed by atoms with E-state index < -0.39 is 0 Å². The van der Waals surface area contributed by atoms with Crippen LogP contribution in [-0.4, -0.2) is 25.3 Å². The summed E-state index contributed by atoms with van der Waals surface area (Å²) in [6.45, 7) is 6.41. The van der Waals surface area contributed by atoms with E-state index in [1.165, 1.54) is 32.2 Å². The molecule has 0 spiro atoms. The molecule has 0 aromatic rings. The number of hydrogen-bond donors (Lipinski definition) is 1. The van der Waals surface area contributed by atoms with E-state index in [1.807, 2.05) is 0 Å². The molecule has 0 aromatic carbocycles. The van der Waals surface area contributed by atoms with Gasteiger partial charge in [0.25, 0.3) is 0 Å². The molecule has 0 saturated heterocycles. The Morgan fingerprint density at radius 1 is 1.38 bits per heavy atom. The first kappa shape index (κ1) is 11.0. The van der Waals surface area contributed by atoms with E-state index in [9.17, 15) is 0 Å². The molecule has 2 heteroatoms. The lowest BCUT2D eigenvalue weighted by Gasteiger charge is -2.10. The molecule has 1 atom stereocenters. The molecule has 0 aliphatic heterocycles. The van der Waals surface area contributed by atoms with Crippen LogP contribution in [0.15, 0.2) is 0 Å². The van der Waals surface area contributed by atoms with Gasteiger partial charge in [0, 0.05) is 12.6 Å². The lowest BCUT2D eigenvalue weighted by Crippen LogP contribution is -2.18. The molecule has 0 amide bonds. The summed E-state index contributed by atoms with van der Waals surface area (Å²) >= 11 is 0. The summed E-state index contributed by atoms with van der Waals surface area (Å²) in [6, 6.07) is 0.857. The summed E-state index contributed by atoms with van der Waals surface area (Å²) in [4.78, 5) is 0. The summed E-state index contributed by atoms with van der Waals surface area (Å²) in [6.07, 6.45) is 6.81. The Balaban J connectivity index is 1.72. The zero-order valence-corrected chi connectivity index (χ0v) is 9.01. The van der Waals surface area contributed by atoms with Gasteiger partial charge in [0.2, 0.25) is 0 Å². The van der Waals surface area contributed by atoms with Gasteiger partial charge in [-0.15, -0.1) is 0 Å². The highest BCUT2D eigenvalue weighted by Gasteiger charge is 2.19. The van der Waals surface area contributed by atoms with E-state index in [0.29, 0.717) is 6.10 Å². The number of hydrogen-bond acceptors (Lipinski definition) is 2. The van der Waals surface area contributed by atoms with E-state index in [2.05, 4.69) is 19.2 Å². The monoisotopic (exact) mass is 185 g/mol. The van der Waals surface area contributed by atoms with Crippen molar-refractivity contribution in [3.05, 3.63) is 0 Å². The summed E-state index contributed by atoms with van der Waals surface area (Å²) in [5, 5.41) is 3.50. The average Bonchev–Trinajstić information content (AvgIpc) is 2.94. The molecule has 1 aliphatic carbocycles. The lowest BCUT2D eigenvalue weighted by atomic mass is 10.3. The molecule has 1 unspecified atom stereocenters. The Labute approximate surface area is 82.0 Å². The van der Waals surface area contributed by atoms with Gasteiger partial charge in [0.15, 0.2) is 0 Å². The van der Waals surface area contributed by atoms with Crippen molar-refractivity contribution in [2.75, 3.05) is 13.2 Å². The minimum Gasteiger partial charge on any atom is -0.379 e. The first-order chi connectivity index (χ1) is 6.33. The van der Waals surface area contributed by atoms with Gasteiger partial charge in [-0.3, -0.25) is 0 Å². The highest BCUT2D eigenvalue weighted by molar-refractivity contribution is 4.80. The maximum Gasteiger partial charge on any atom is 0.0544 e. The maximum absolute atomic E-state index is 5.59. The second kappa shape index (κ2) is 6.39. The van der Waals surface area contributed by atoms with Crippen LogP contribution in [0.1, 0.15) is 46.0 Å². The standard InChI is InChI=1S/C11H23NO/c1-3-10(2)13-9-5-4-8-12-11-6-7-11/h10-12H,3-9H2,1-2H3. The molecule has 78 valence electrons. The van der Waals surface area contributed by atoms with Gasteiger partial charge >= 0.3 is 0 Å². The van der Waals surface area contributed by atoms with Crippen molar-refractivity contribution in [1.82, 2.24) is 5.32 Å². The van der Waals surface area contributed by atoms with E-state index in [0.717, 1.165) is 19.1 Å². The molecule has 0 aromatic heterocycles. The topological polar surface area (TPSA) is 21.3 Å². The molecule has 0 heterocycles. The Morgan fingerprint density at radius 3 is 2.77 bits per heavy atom. The third-order valence-corrected chi connectivity index (χ3v) is 2.56. The fourth-order valence-corrected chi connectivity index (χ4v) is 1.22. The lowest BCUT2D eigenvalue weighted by molar-refractivity contribution is 0.0611. The van der Waals surface area contributed by atoms with Crippen LogP contribution in [0.3, 0.4) is 0 Å². The molecular weight excluding hydrogens is 162 g/mol. The predicted octanol–water partition coefficient (Wildman–Crippen LogP) is 2.33. The van der Waals surface area contributed by atoms with Gasteiger partial charge in [-0.2, -0.15) is 0 Å². The van der Waals surface area contributed by atoms with E-state index in [-0.39, 0.29) is 0 Å². The second-order valence-corrected chi connectivity index (χ2v) is 4.03. The first-order valence-corrected chi connectivity index (χ1v) is 5.68. The predicted molar refractivity (Wildman–Crippen MR) is 56.0 cm³/mol. The Morgan fingerprint density at radius 2 is 2.15 bits per heavy atom. The van der Waals surface area contributed by atoms with Gasteiger partial charge < -0.3 is 10.1 Å². The molecule has 13 heavy (non-hydrogen) atoms. The van der Waals surface area contributed by atoms with Crippen LogP contribution in [-0.2, 0) is 4.74 Å². The third-order valence-electron chi connectivity index (χ3n) is 2.56. The summed E-state index contributed by atoms with van der Waals surface area (Å²) in [7, 11) is 0. The minimum absolute atomic E-state index is 0.441. The number of unbranched alkanes of at least 4 members (excludes halogenated alkanes) is 1. The molecule has 1 fully saturated rings. The van der Waals surface area contributed by atoms with Crippen molar-refractivity contribution >= 4 is 0 Å². The van der Waals surface area contributed by atoms with E-state index in [4.69, 9.17) is 4.74 Å². The number of rotatable bonds is 8. The first-order valence-electron chi connectivity index (χ1n) is 5.68. The molecule has 1 N–H and O–H groups in total. The second-order valence-electron chi connectivity index (χ2n) is 4.03. The average molecular weight is 185 g/mol. The van der Waals surface area contributed by atoms with Gasteiger partial charge in [-0.05, 0) is 45.6 Å². The van der Waals surface area contributed by atoms with Crippen molar-refractivity contribution in [2.45, 2.75) is 58.1 Å².